The van der Waals surface area contributed by atoms with Crippen molar-refractivity contribution < 1.29 is 24.2 Å². The lowest BCUT2D eigenvalue weighted by Crippen LogP contribution is -2.33. The molecule has 1 N–H and O–H groups in total. The Morgan fingerprint density at radius 1 is 1.07 bits per heavy atom. The Balaban J connectivity index is 1.82. The maximum Gasteiger partial charge on any atom is 0.295 e. The molecule has 214 valence electrons. The molecule has 0 radical (unpaired) electrons. The molecule has 1 fully saturated rings. The molecule has 3 aromatic rings. The van der Waals surface area contributed by atoms with Crippen molar-refractivity contribution in [2.24, 2.45) is 0 Å². The molecular formula is C31H40N4O5. The molecule has 4 rings (SSSR count). The van der Waals surface area contributed by atoms with E-state index in [1.54, 1.807) is 41.7 Å². The fraction of sp³-hybridized carbons (Fsp3) is 0.452. The number of benzene rings is 1. The number of ketones is 1. The molecule has 1 atom stereocenters. The lowest BCUT2D eigenvalue weighted by atomic mass is 9.95. The molecule has 0 aliphatic carbocycles. The van der Waals surface area contributed by atoms with Gasteiger partial charge in [0.15, 0.2) is 17.3 Å². The van der Waals surface area contributed by atoms with Gasteiger partial charge in [-0.2, -0.15) is 0 Å². The minimum atomic E-state index is -0.788. The number of aromatic nitrogens is 2. The van der Waals surface area contributed by atoms with Gasteiger partial charge in [0.2, 0.25) is 0 Å². The van der Waals surface area contributed by atoms with E-state index in [4.69, 9.17) is 9.47 Å². The number of ether oxygens (including phenoxy) is 2. The first-order chi connectivity index (χ1) is 19.4. The second kappa shape index (κ2) is 13.0. The van der Waals surface area contributed by atoms with Crippen molar-refractivity contribution in [2.75, 3.05) is 39.9 Å². The summed E-state index contributed by atoms with van der Waals surface area (Å²) >= 11 is 0. The molecule has 0 bridgehead atoms. The van der Waals surface area contributed by atoms with E-state index in [9.17, 15) is 14.7 Å². The van der Waals surface area contributed by atoms with Gasteiger partial charge < -0.3 is 24.4 Å². The quantitative estimate of drug-likeness (QED) is 0.139. The van der Waals surface area contributed by atoms with Crippen LogP contribution >= 0.6 is 0 Å². The number of amides is 1. The first kappa shape index (κ1) is 29.1. The molecule has 1 aliphatic rings. The van der Waals surface area contributed by atoms with Gasteiger partial charge in [0, 0.05) is 12.7 Å². The minimum absolute atomic E-state index is 0.0447. The number of likely N-dealkylation sites (tertiary alicyclic amines) is 1. The summed E-state index contributed by atoms with van der Waals surface area (Å²) in [6.07, 6.45) is 4.39. The molecule has 0 saturated carbocycles. The molecule has 1 unspecified atom stereocenters. The number of hydrogen-bond donors (Lipinski definition) is 1. The van der Waals surface area contributed by atoms with Gasteiger partial charge in [-0.05, 0) is 69.2 Å². The number of methoxy groups -OCH3 is 1. The maximum absolute atomic E-state index is 13.6. The van der Waals surface area contributed by atoms with Gasteiger partial charge in [0.1, 0.15) is 11.3 Å². The van der Waals surface area contributed by atoms with Crippen LogP contribution in [0.1, 0.15) is 63.0 Å². The van der Waals surface area contributed by atoms with Crippen molar-refractivity contribution >= 4 is 23.1 Å². The number of carbonyl (C=O) groups excluding carboxylic acids is 2. The number of unbranched alkanes of at least 4 members (excludes halogenated alkanes) is 1. The van der Waals surface area contributed by atoms with E-state index >= 15 is 0 Å². The third kappa shape index (κ3) is 5.70. The van der Waals surface area contributed by atoms with Crippen LogP contribution in [0.4, 0.5) is 0 Å². The zero-order valence-corrected chi connectivity index (χ0v) is 24.1. The number of nitrogens with zero attached hydrogens (tertiary/aromatic N) is 4. The Bertz CT molecular complexity index is 1390. The number of fused-ring (bicyclic) bond motifs is 1. The SMILES string of the molecule is CCCCOc1ccc(C2C(=C(O)c3c(C)nc4ccccn34)C(=O)C(=O)N2CCCN(CC)CC)cc1OC. The van der Waals surface area contributed by atoms with E-state index < -0.39 is 17.7 Å². The topological polar surface area (TPSA) is 96.6 Å². The van der Waals surface area contributed by atoms with Crippen LogP contribution in [0.2, 0.25) is 0 Å². The standard InChI is InChI=1S/C31H40N4O5/c1-6-9-19-40-23-15-14-22(20-24(23)39-5)28-26(29(36)27-21(4)32-25-13-10-11-17-34(25)27)30(37)31(38)35(28)18-12-16-33(7-2)8-3/h10-11,13-15,17,20,28,36H,6-9,12,16,18-19H2,1-5H3. The highest BCUT2D eigenvalue weighted by Gasteiger charge is 2.46. The van der Waals surface area contributed by atoms with Gasteiger partial charge in [0.25, 0.3) is 11.7 Å². The lowest BCUT2D eigenvalue weighted by Gasteiger charge is -2.27. The molecule has 1 aliphatic heterocycles. The minimum Gasteiger partial charge on any atom is -0.505 e. The molecule has 1 saturated heterocycles. The van der Waals surface area contributed by atoms with Crippen LogP contribution in [-0.4, -0.2) is 75.9 Å². The predicted molar refractivity (Wildman–Crippen MR) is 155 cm³/mol. The first-order valence-corrected chi connectivity index (χ1v) is 14.1. The summed E-state index contributed by atoms with van der Waals surface area (Å²) in [4.78, 5) is 35.4. The lowest BCUT2D eigenvalue weighted by molar-refractivity contribution is -0.140. The van der Waals surface area contributed by atoms with Crippen LogP contribution in [0.25, 0.3) is 11.4 Å². The highest BCUT2D eigenvalue weighted by Crippen LogP contribution is 2.42. The van der Waals surface area contributed by atoms with Gasteiger partial charge in [0.05, 0.1) is 31.0 Å². The third-order valence-corrected chi connectivity index (χ3v) is 7.50. The average Bonchev–Trinajstić information content (AvgIpc) is 3.43. The average molecular weight is 549 g/mol. The summed E-state index contributed by atoms with van der Waals surface area (Å²) in [7, 11) is 1.56. The zero-order chi connectivity index (χ0) is 28.8. The molecule has 1 aromatic carbocycles. The molecule has 3 heterocycles. The van der Waals surface area contributed by atoms with Crippen LogP contribution in [0.3, 0.4) is 0 Å². The van der Waals surface area contributed by atoms with E-state index in [1.165, 1.54) is 0 Å². The molecule has 40 heavy (non-hydrogen) atoms. The zero-order valence-electron chi connectivity index (χ0n) is 24.1. The summed E-state index contributed by atoms with van der Waals surface area (Å²) in [6, 6.07) is 10.2. The number of pyridine rings is 1. The van der Waals surface area contributed by atoms with Gasteiger partial charge in [-0.15, -0.1) is 0 Å². The monoisotopic (exact) mass is 548 g/mol. The largest absolute Gasteiger partial charge is 0.505 e. The van der Waals surface area contributed by atoms with Crippen molar-refractivity contribution in [1.82, 2.24) is 19.2 Å². The molecule has 1 amide bonds. The molecular weight excluding hydrogens is 508 g/mol. The van der Waals surface area contributed by atoms with E-state index in [0.29, 0.717) is 53.7 Å². The Morgan fingerprint density at radius 2 is 1.85 bits per heavy atom. The number of aryl methyl sites for hydroxylation is 1. The van der Waals surface area contributed by atoms with E-state index in [2.05, 4.69) is 30.7 Å². The Hall–Kier alpha value is -3.85. The molecule has 2 aromatic heterocycles. The Morgan fingerprint density at radius 3 is 2.55 bits per heavy atom. The summed E-state index contributed by atoms with van der Waals surface area (Å²) in [6.45, 7) is 11.6. The van der Waals surface area contributed by atoms with E-state index in [-0.39, 0.29) is 11.3 Å². The fourth-order valence-corrected chi connectivity index (χ4v) is 5.29. The van der Waals surface area contributed by atoms with Gasteiger partial charge in [-0.3, -0.25) is 14.0 Å². The second-order valence-corrected chi connectivity index (χ2v) is 9.96. The number of hydrogen-bond acceptors (Lipinski definition) is 7. The normalized spacial score (nSPS) is 16.9. The van der Waals surface area contributed by atoms with Crippen LogP contribution in [0, 0.1) is 6.92 Å². The van der Waals surface area contributed by atoms with Crippen molar-refractivity contribution in [3.8, 4) is 11.5 Å². The smallest absolute Gasteiger partial charge is 0.295 e. The fourth-order valence-electron chi connectivity index (χ4n) is 5.29. The summed E-state index contributed by atoms with van der Waals surface area (Å²) in [5, 5.41) is 11.7. The highest BCUT2D eigenvalue weighted by molar-refractivity contribution is 6.46. The van der Waals surface area contributed by atoms with Crippen molar-refractivity contribution in [3.05, 3.63) is 65.1 Å². The number of Topliss-reactive ketones (excluding diaryl/α,β-unsaturated/α-hetero) is 1. The van der Waals surface area contributed by atoms with Crippen molar-refractivity contribution in [3.63, 3.8) is 0 Å². The van der Waals surface area contributed by atoms with Crippen molar-refractivity contribution in [1.29, 1.82) is 0 Å². The van der Waals surface area contributed by atoms with Crippen molar-refractivity contribution in [2.45, 2.75) is 53.0 Å². The van der Waals surface area contributed by atoms with Gasteiger partial charge in [-0.1, -0.05) is 39.3 Å². The first-order valence-electron chi connectivity index (χ1n) is 14.1. The Labute approximate surface area is 236 Å². The Kier molecular flexibility index (Phi) is 9.47. The van der Waals surface area contributed by atoms with Gasteiger partial charge >= 0.3 is 0 Å². The summed E-state index contributed by atoms with van der Waals surface area (Å²) in [5.74, 6) is -0.477. The van der Waals surface area contributed by atoms with Crippen LogP contribution < -0.4 is 9.47 Å². The second-order valence-electron chi connectivity index (χ2n) is 9.96. The predicted octanol–water partition coefficient (Wildman–Crippen LogP) is 4.98. The molecule has 9 heteroatoms. The highest BCUT2D eigenvalue weighted by atomic mass is 16.5. The summed E-state index contributed by atoms with van der Waals surface area (Å²) in [5.41, 5.74) is 2.31. The van der Waals surface area contributed by atoms with Crippen LogP contribution in [0.15, 0.2) is 48.2 Å². The summed E-state index contributed by atoms with van der Waals surface area (Å²) < 4.78 is 13.3. The number of aliphatic hydroxyl groups excluding tert-OH is 1. The van der Waals surface area contributed by atoms with Crippen LogP contribution in [0.5, 0.6) is 11.5 Å². The number of rotatable bonds is 13. The van der Waals surface area contributed by atoms with Crippen LogP contribution in [-0.2, 0) is 9.59 Å². The molecule has 0 spiro atoms. The third-order valence-electron chi connectivity index (χ3n) is 7.50. The van der Waals surface area contributed by atoms with E-state index in [1.807, 2.05) is 24.3 Å². The van der Waals surface area contributed by atoms with E-state index in [0.717, 1.165) is 32.5 Å². The van der Waals surface area contributed by atoms with Gasteiger partial charge in [-0.25, -0.2) is 4.98 Å². The number of aliphatic hydroxyl groups is 1. The number of imidazole rings is 1. The maximum atomic E-state index is 13.6. The number of carbonyl (C=O) groups is 2. The molecule has 9 nitrogen and oxygen atoms in total.